The molecule has 0 amide bonds. The van der Waals surface area contributed by atoms with Crippen LogP contribution >= 0.6 is 0 Å². The Morgan fingerprint density at radius 3 is 1.75 bits per heavy atom. The van der Waals surface area contributed by atoms with Crippen LogP contribution in [0, 0.1) is 11.3 Å². The van der Waals surface area contributed by atoms with Crippen LogP contribution in [0.4, 0.5) is 0 Å². The molecule has 0 aliphatic rings. The minimum atomic E-state index is 0.0451. The van der Waals surface area contributed by atoms with Gasteiger partial charge in [0.1, 0.15) is 0 Å². The van der Waals surface area contributed by atoms with Gasteiger partial charge >= 0.3 is 0 Å². The number of hydrogen-bond acceptors (Lipinski definition) is 0. The molecular formula is C7H15O. The lowest BCUT2D eigenvalue weighted by molar-refractivity contribution is 0.0918. The van der Waals surface area contributed by atoms with Crippen molar-refractivity contribution in [2.45, 2.75) is 27.7 Å². The van der Waals surface area contributed by atoms with Gasteiger partial charge in [0.25, 0.3) is 0 Å². The monoisotopic (exact) mass is 115 g/mol. The van der Waals surface area contributed by atoms with Crippen molar-refractivity contribution in [2.75, 3.05) is 6.61 Å². The maximum absolute atomic E-state index is 10.3. The summed E-state index contributed by atoms with van der Waals surface area (Å²) in [4.78, 5) is 0. The Morgan fingerprint density at radius 1 is 1.38 bits per heavy atom. The lowest BCUT2D eigenvalue weighted by Crippen LogP contribution is -2.19. The molecule has 0 heterocycles. The normalized spacial score (nSPS) is 16.1. The smallest absolute Gasteiger partial charge is 0.0852 e. The molecule has 0 aromatic rings. The molecule has 0 aliphatic heterocycles. The Bertz CT molecular complexity index is 61.3. The minimum Gasteiger partial charge on any atom is -0.236 e. The zero-order valence-electron chi connectivity index (χ0n) is 6.19. The molecule has 0 rings (SSSR count). The number of rotatable bonds is 1. The molecule has 0 N–H and O–H groups in total. The van der Waals surface area contributed by atoms with Crippen molar-refractivity contribution in [1.82, 2.24) is 0 Å². The van der Waals surface area contributed by atoms with Gasteiger partial charge in [-0.1, -0.05) is 27.7 Å². The van der Waals surface area contributed by atoms with E-state index in [9.17, 15) is 5.11 Å². The van der Waals surface area contributed by atoms with E-state index in [1.54, 1.807) is 0 Å². The summed E-state index contributed by atoms with van der Waals surface area (Å²) >= 11 is 0. The predicted molar refractivity (Wildman–Crippen MR) is 34.2 cm³/mol. The van der Waals surface area contributed by atoms with Crippen LogP contribution in [-0.4, -0.2) is 6.61 Å². The van der Waals surface area contributed by atoms with Crippen LogP contribution in [0.1, 0.15) is 27.7 Å². The molecule has 0 saturated heterocycles. The standard InChI is InChI=1S/C7H15O/c1-6(5-8)7(2,3)4/h6H,5H2,1-4H3. The average Bonchev–Trinajstić information content (AvgIpc) is 1.62. The minimum absolute atomic E-state index is 0.0451. The van der Waals surface area contributed by atoms with Crippen LogP contribution in [0.5, 0.6) is 0 Å². The highest BCUT2D eigenvalue weighted by atomic mass is 16.3. The van der Waals surface area contributed by atoms with E-state index in [1.807, 2.05) is 6.92 Å². The Hall–Kier alpha value is -0.0400. The maximum atomic E-state index is 10.3. The van der Waals surface area contributed by atoms with Crippen LogP contribution in [0.2, 0.25) is 0 Å². The van der Waals surface area contributed by atoms with E-state index in [4.69, 9.17) is 0 Å². The first-order valence-electron chi connectivity index (χ1n) is 3.06. The van der Waals surface area contributed by atoms with E-state index in [1.165, 1.54) is 0 Å². The highest BCUT2D eigenvalue weighted by molar-refractivity contribution is 4.67. The van der Waals surface area contributed by atoms with E-state index >= 15 is 0 Å². The molecule has 1 atom stereocenters. The first kappa shape index (κ1) is 7.96. The van der Waals surface area contributed by atoms with Crippen LogP contribution in [0.3, 0.4) is 0 Å². The molecule has 1 unspecified atom stereocenters. The third-order valence-electron chi connectivity index (χ3n) is 1.73. The highest BCUT2D eigenvalue weighted by Crippen LogP contribution is 2.24. The van der Waals surface area contributed by atoms with Crippen molar-refractivity contribution in [3.63, 3.8) is 0 Å². The molecular weight excluding hydrogens is 100 g/mol. The fourth-order valence-electron chi connectivity index (χ4n) is 0.250. The van der Waals surface area contributed by atoms with Crippen LogP contribution in [0.15, 0.2) is 0 Å². The molecule has 0 aliphatic carbocycles. The Balaban J connectivity index is 3.62. The van der Waals surface area contributed by atoms with Gasteiger partial charge in [0, 0.05) is 0 Å². The van der Waals surface area contributed by atoms with Gasteiger partial charge in [0.05, 0.1) is 6.61 Å². The van der Waals surface area contributed by atoms with E-state index in [0.29, 0.717) is 5.92 Å². The second-order valence-electron chi connectivity index (χ2n) is 3.43. The molecule has 0 bridgehead atoms. The van der Waals surface area contributed by atoms with Crippen molar-refractivity contribution in [1.29, 1.82) is 0 Å². The topological polar surface area (TPSA) is 19.9 Å². The Morgan fingerprint density at radius 2 is 1.75 bits per heavy atom. The molecule has 1 radical (unpaired) electrons. The summed E-state index contributed by atoms with van der Waals surface area (Å²) in [6.45, 7) is 8.32. The molecule has 8 heavy (non-hydrogen) atoms. The molecule has 1 heteroatoms. The van der Waals surface area contributed by atoms with Gasteiger partial charge in [0.2, 0.25) is 0 Å². The molecule has 0 spiro atoms. The molecule has 0 aromatic heterocycles. The number of hydrogen-bond donors (Lipinski definition) is 0. The van der Waals surface area contributed by atoms with Gasteiger partial charge in [-0.15, -0.1) is 0 Å². The lowest BCUT2D eigenvalue weighted by atomic mass is 9.83. The second-order valence-corrected chi connectivity index (χ2v) is 3.43. The second kappa shape index (κ2) is 2.49. The van der Waals surface area contributed by atoms with Crippen molar-refractivity contribution in [2.24, 2.45) is 11.3 Å². The Labute approximate surface area is 51.7 Å². The summed E-state index contributed by atoms with van der Waals surface area (Å²) in [7, 11) is 0. The van der Waals surface area contributed by atoms with Crippen LogP contribution < -0.4 is 0 Å². The summed E-state index contributed by atoms with van der Waals surface area (Å²) in [5.41, 5.74) is 0.196. The van der Waals surface area contributed by atoms with E-state index < -0.39 is 0 Å². The molecule has 0 fully saturated rings. The van der Waals surface area contributed by atoms with Crippen molar-refractivity contribution >= 4 is 0 Å². The first-order chi connectivity index (χ1) is 3.48. The van der Waals surface area contributed by atoms with Gasteiger partial charge in [-0.25, -0.2) is 5.11 Å². The van der Waals surface area contributed by atoms with Gasteiger partial charge < -0.3 is 0 Å². The zero-order valence-corrected chi connectivity index (χ0v) is 6.19. The zero-order chi connectivity index (χ0) is 6.78. The van der Waals surface area contributed by atoms with Crippen molar-refractivity contribution < 1.29 is 5.11 Å². The summed E-state index contributed by atoms with van der Waals surface area (Å²) in [6, 6.07) is 0. The fraction of sp³-hybridized carbons (Fsp3) is 1.00. The average molecular weight is 115 g/mol. The SMILES string of the molecule is CC(C[O])C(C)(C)C. The molecule has 0 saturated carbocycles. The molecule has 1 nitrogen and oxygen atoms in total. The lowest BCUT2D eigenvalue weighted by Gasteiger charge is -2.23. The van der Waals surface area contributed by atoms with Gasteiger partial charge in [-0.3, -0.25) is 0 Å². The molecule has 49 valence electrons. The van der Waals surface area contributed by atoms with Crippen LogP contribution in [-0.2, 0) is 5.11 Å². The summed E-state index contributed by atoms with van der Waals surface area (Å²) in [5, 5.41) is 10.3. The summed E-state index contributed by atoms with van der Waals surface area (Å²) < 4.78 is 0. The van der Waals surface area contributed by atoms with E-state index in [0.717, 1.165) is 0 Å². The third kappa shape index (κ3) is 2.31. The predicted octanol–water partition coefficient (Wildman–Crippen LogP) is 2.10. The summed E-state index contributed by atoms with van der Waals surface area (Å²) in [5.74, 6) is 0.294. The van der Waals surface area contributed by atoms with Crippen molar-refractivity contribution in [3.8, 4) is 0 Å². The fourth-order valence-corrected chi connectivity index (χ4v) is 0.250. The van der Waals surface area contributed by atoms with E-state index in [-0.39, 0.29) is 12.0 Å². The quantitative estimate of drug-likeness (QED) is 0.498. The van der Waals surface area contributed by atoms with Gasteiger partial charge in [-0.05, 0) is 11.3 Å². The Kier molecular flexibility index (Phi) is 2.48. The third-order valence-corrected chi connectivity index (χ3v) is 1.73. The maximum Gasteiger partial charge on any atom is 0.0852 e. The largest absolute Gasteiger partial charge is 0.236 e. The van der Waals surface area contributed by atoms with Crippen LogP contribution in [0.25, 0.3) is 0 Å². The van der Waals surface area contributed by atoms with Crippen molar-refractivity contribution in [3.05, 3.63) is 0 Å². The van der Waals surface area contributed by atoms with Gasteiger partial charge in [0.15, 0.2) is 0 Å². The first-order valence-corrected chi connectivity index (χ1v) is 3.06. The van der Waals surface area contributed by atoms with E-state index in [2.05, 4.69) is 20.8 Å². The van der Waals surface area contributed by atoms with Gasteiger partial charge in [-0.2, -0.15) is 0 Å². The molecule has 0 aromatic carbocycles. The summed E-state index contributed by atoms with van der Waals surface area (Å²) in [6.07, 6.45) is 0. The highest BCUT2D eigenvalue weighted by Gasteiger charge is 2.18.